The Balaban J connectivity index is 1.29. The third kappa shape index (κ3) is 5.10. The summed E-state index contributed by atoms with van der Waals surface area (Å²) in [4.78, 5) is 20.3. The summed E-state index contributed by atoms with van der Waals surface area (Å²) in [6, 6.07) is 17.5. The van der Waals surface area contributed by atoms with Crippen LogP contribution < -0.4 is 9.64 Å². The third-order valence-electron chi connectivity index (χ3n) is 7.39. The van der Waals surface area contributed by atoms with Gasteiger partial charge < -0.3 is 9.47 Å². The van der Waals surface area contributed by atoms with Crippen LogP contribution in [0.4, 0.5) is 5.13 Å². The smallest absolute Gasteiger partial charge is 0.260 e. The molecule has 1 amide bonds. The van der Waals surface area contributed by atoms with Crippen LogP contribution in [0.15, 0.2) is 65.6 Å². The number of carbonyl (C=O) groups is 1. The minimum absolute atomic E-state index is 0.116. The highest BCUT2D eigenvalue weighted by Gasteiger charge is 2.30. The Bertz CT molecular complexity index is 1670. The lowest BCUT2D eigenvalue weighted by molar-refractivity contribution is 0.0917. The Kier molecular flexibility index (Phi) is 7.54. The molecule has 1 atom stereocenters. The Morgan fingerprint density at radius 3 is 2.65 bits per heavy atom. The Morgan fingerprint density at radius 2 is 1.93 bits per heavy atom. The van der Waals surface area contributed by atoms with Gasteiger partial charge >= 0.3 is 0 Å². The molecule has 40 heavy (non-hydrogen) atoms. The first-order chi connectivity index (χ1) is 19.3. The SMILES string of the molecule is COc1ccc(Cl)c2sc(N(CC3CCCO3)C(=O)c3ccc(S(=O)(=O)N4CCc5ccccc5C4)cc3)nc12. The normalized spacial score (nSPS) is 17.6. The number of sulfonamides is 1. The average Bonchev–Trinajstić information content (AvgIpc) is 3.66. The molecule has 3 heterocycles. The molecule has 2 aliphatic rings. The Hall–Kier alpha value is -3.02. The summed E-state index contributed by atoms with van der Waals surface area (Å²) in [6.45, 7) is 1.72. The number of hydrogen-bond acceptors (Lipinski definition) is 7. The van der Waals surface area contributed by atoms with Crippen molar-refractivity contribution in [1.82, 2.24) is 9.29 Å². The van der Waals surface area contributed by atoms with E-state index in [9.17, 15) is 13.2 Å². The molecular weight excluding hydrogens is 570 g/mol. The maximum absolute atomic E-state index is 13.9. The van der Waals surface area contributed by atoms with Crippen LogP contribution in [0.3, 0.4) is 0 Å². The second-order valence-electron chi connectivity index (χ2n) is 9.86. The number of aromatic nitrogens is 1. The number of hydrogen-bond donors (Lipinski definition) is 0. The summed E-state index contributed by atoms with van der Waals surface area (Å²) in [6.07, 6.45) is 2.32. The predicted molar refractivity (Wildman–Crippen MR) is 156 cm³/mol. The minimum Gasteiger partial charge on any atom is -0.494 e. The van der Waals surface area contributed by atoms with Crippen molar-refractivity contribution in [2.45, 2.75) is 36.8 Å². The van der Waals surface area contributed by atoms with Gasteiger partial charge in [-0.05, 0) is 66.8 Å². The first-order valence-corrected chi connectivity index (χ1v) is 15.7. The molecule has 4 aromatic rings. The minimum atomic E-state index is -3.72. The molecule has 1 saturated heterocycles. The van der Waals surface area contributed by atoms with Crippen molar-refractivity contribution in [3.05, 3.63) is 82.4 Å². The summed E-state index contributed by atoms with van der Waals surface area (Å²) >= 11 is 7.76. The number of benzene rings is 3. The molecular formula is C29H28ClN3O5S2. The van der Waals surface area contributed by atoms with Crippen molar-refractivity contribution >= 4 is 54.2 Å². The van der Waals surface area contributed by atoms with Crippen molar-refractivity contribution < 1.29 is 22.7 Å². The largest absolute Gasteiger partial charge is 0.494 e. The van der Waals surface area contributed by atoms with E-state index in [0.29, 0.717) is 59.6 Å². The highest BCUT2D eigenvalue weighted by atomic mass is 35.5. The van der Waals surface area contributed by atoms with Gasteiger partial charge in [-0.3, -0.25) is 9.69 Å². The van der Waals surface area contributed by atoms with Gasteiger partial charge in [-0.15, -0.1) is 0 Å². The molecule has 2 aliphatic heterocycles. The number of halogens is 1. The lowest BCUT2D eigenvalue weighted by Crippen LogP contribution is -2.37. The van der Waals surface area contributed by atoms with E-state index >= 15 is 0 Å². The van der Waals surface area contributed by atoms with Gasteiger partial charge in [-0.1, -0.05) is 47.2 Å². The van der Waals surface area contributed by atoms with E-state index in [2.05, 4.69) is 0 Å². The van der Waals surface area contributed by atoms with E-state index in [0.717, 1.165) is 23.1 Å². The van der Waals surface area contributed by atoms with Crippen LogP contribution in [-0.2, 0) is 27.7 Å². The molecule has 0 radical (unpaired) electrons. The van der Waals surface area contributed by atoms with Gasteiger partial charge in [-0.25, -0.2) is 13.4 Å². The topological polar surface area (TPSA) is 89.0 Å². The van der Waals surface area contributed by atoms with Crippen LogP contribution in [0, 0.1) is 0 Å². The molecule has 0 bridgehead atoms. The molecule has 1 fully saturated rings. The van der Waals surface area contributed by atoms with Crippen molar-refractivity contribution in [1.29, 1.82) is 0 Å². The molecule has 1 aromatic heterocycles. The van der Waals surface area contributed by atoms with Crippen molar-refractivity contribution in [3.63, 3.8) is 0 Å². The van der Waals surface area contributed by atoms with E-state index in [-0.39, 0.29) is 16.9 Å². The zero-order valence-corrected chi connectivity index (χ0v) is 24.3. The third-order valence-corrected chi connectivity index (χ3v) is 10.8. The molecule has 8 nitrogen and oxygen atoms in total. The molecule has 0 aliphatic carbocycles. The second-order valence-corrected chi connectivity index (χ2v) is 13.2. The zero-order valence-electron chi connectivity index (χ0n) is 21.9. The highest BCUT2D eigenvalue weighted by Crippen LogP contribution is 2.39. The van der Waals surface area contributed by atoms with Crippen LogP contribution in [0.5, 0.6) is 5.75 Å². The fourth-order valence-corrected chi connectivity index (χ4v) is 7.89. The molecule has 1 unspecified atom stereocenters. The Morgan fingerprint density at radius 1 is 1.15 bits per heavy atom. The van der Waals surface area contributed by atoms with Crippen molar-refractivity contribution in [3.8, 4) is 5.75 Å². The maximum Gasteiger partial charge on any atom is 0.260 e. The van der Waals surface area contributed by atoms with Crippen molar-refractivity contribution in [2.24, 2.45) is 0 Å². The second kappa shape index (κ2) is 11.1. The van der Waals surface area contributed by atoms with Crippen molar-refractivity contribution in [2.75, 3.05) is 31.7 Å². The van der Waals surface area contributed by atoms with Gasteiger partial charge in [0, 0.05) is 25.3 Å². The summed E-state index contributed by atoms with van der Waals surface area (Å²) in [5.41, 5.74) is 3.14. The summed E-state index contributed by atoms with van der Waals surface area (Å²) < 4.78 is 40.4. The number of methoxy groups -OCH3 is 1. The molecule has 0 N–H and O–H groups in total. The van der Waals surface area contributed by atoms with Crippen LogP contribution in [0.25, 0.3) is 10.2 Å². The molecule has 11 heteroatoms. The molecule has 0 saturated carbocycles. The summed E-state index contributed by atoms with van der Waals surface area (Å²) in [5.74, 6) is 0.279. The number of anilines is 1. The van der Waals surface area contributed by atoms with E-state index in [4.69, 9.17) is 26.1 Å². The summed E-state index contributed by atoms with van der Waals surface area (Å²) in [7, 11) is -2.15. The molecule has 208 valence electrons. The van der Waals surface area contributed by atoms with E-state index in [1.165, 1.54) is 33.3 Å². The van der Waals surface area contributed by atoms with E-state index in [1.807, 2.05) is 24.3 Å². The lowest BCUT2D eigenvalue weighted by Gasteiger charge is -2.28. The number of rotatable bonds is 7. The van der Waals surface area contributed by atoms with Gasteiger partial charge in [0.1, 0.15) is 11.3 Å². The van der Waals surface area contributed by atoms with Gasteiger partial charge in [0.15, 0.2) is 5.13 Å². The fraction of sp³-hybridized carbons (Fsp3) is 0.310. The molecule has 6 rings (SSSR count). The van der Waals surface area contributed by atoms with Gasteiger partial charge in [-0.2, -0.15) is 4.31 Å². The predicted octanol–water partition coefficient (Wildman–Crippen LogP) is 5.53. The monoisotopic (exact) mass is 597 g/mol. The number of fused-ring (bicyclic) bond motifs is 2. The van der Waals surface area contributed by atoms with E-state index in [1.54, 1.807) is 36.3 Å². The first kappa shape index (κ1) is 27.2. The lowest BCUT2D eigenvalue weighted by atomic mass is 10.0. The average molecular weight is 598 g/mol. The summed E-state index contributed by atoms with van der Waals surface area (Å²) in [5, 5.41) is 1.00. The Labute approximate surface area is 242 Å². The first-order valence-electron chi connectivity index (χ1n) is 13.1. The number of carbonyl (C=O) groups excluding carboxylic acids is 1. The number of thiazole rings is 1. The molecule has 3 aromatic carbocycles. The van der Waals surface area contributed by atoms with Gasteiger partial charge in [0.05, 0.1) is 34.4 Å². The molecule has 0 spiro atoms. The van der Waals surface area contributed by atoms with Crippen LogP contribution >= 0.6 is 22.9 Å². The van der Waals surface area contributed by atoms with Crippen LogP contribution in [0.1, 0.15) is 34.3 Å². The maximum atomic E-state index is 13.9. The standard InChI is InChI=1S/C29H28ClN3O5S2/c1-37-25-13-12-24(30)27-26(25)31-29(39-27)33(18-22-7-4-16-38-22)28(34)20-8-10-23(11-9-20)40(35,36)32-15-14-19-5-2-3-6-21(19)17-32/h2-3,5-6,8-13,22H,4,7,14-18H2,1H3. The van der Waals surface area contributed by atoms with Crippen LogP contribution in [0.2, 0.25) is 5.02 Å². The zero-order chi connectivity index (χ0) is 27.9. The highest BCUT2D eigenvalue weighted by molar-refractivity contribution is 7.89. The quantitative estimate of drug-likeness (QED) is 0.278. The van der Waals surface area contributed by atoms with E-state index < -0.39 is 10.0 Å². The van der Waals surface area contributed by atoms with Gasteiger partial charge in [0.2, 0.25) is 10.0 Å². The van der Waals surface area contributed by atoms with Crippen LogP contribution in [-0.4, -0.2) is 56.5 Å². The number of ether oxygens (including phenoxy) is 2. The fourth-order valence-electron chi connectivity index (χ4n) is 5.21. The number of nitrogens with zero attached hydrogens (tertiary/aromatic N) is 3. The number of amides is 1. The van der Waals surface area contributed by atoms with Gasteiger partial charge in [0.25, 0.3) is 5.91 Å².